The highest BCUT2D eigenvalue weighted by atomic mass is 32.2. The number of benzene rings is 1. The van der Waals surface area contributed by atoms with Gasteiger partial charge in [-0.05, 0) is 19.1 Å². The van der Waals surface area contributed by atoms with Crippen LogP contribution in [-0.4, -0.2) is 36.0 Å². The van der Waals surface area contributed by atoms with E-state index < -0.39 is 22.1 Å². The third kappa shape index (κ3) is 2.70. The third-order valence-corrected chi connectivity index (χ3v) is 5.95. The van der Waals surface area contributed by atoms with Crippen molar-refractivity contribution in [3.05, 3.63) is 47.5 Å². The Labute approximate surface area is 156 Å². The van der Waals surface area contributed by atoms with E-state index in [0.717, 1.165) is 16.3 Å². The summed E-state index contributed by atoms with van der Waals surface area (Å²) >= 11 is 0. The summed E-state index contributed by atoms with van der Waals surface area (Å²) in [5, 5.41) is 3.19. The average Bonchev–Trinajstić information content (AvgIpc) is 3.32. The molecule has 2 aliphatic rings. The molecule has 2 aliphatic heterocycles. The zero-order valence-electron chi connectivity index (χ0n) is 14.8. The fourth-order valence-electron chi connectivity index (χ4n) is 3.25. The minimum Gasteiger partial charge on any atom is -0.349 e. The first-order valence-corrected chi connectivity index (χ1v) is 9.82. The Hall–Kier alpha value is -2.47. The van der Waals surface area contributed by atoms with Crippen molar-refractivity contribution in [1.29, 1.82) is 0 Å². The molecule has 1 saturated heterocycles. The molecule has 27 heavy (non-hydrogen) atoms. The van der Waals surface area contributed by atoms with E-state index in [0.29, 0.717) is 19.6 Å². The van der Waals surface area contributed by atoms with Crippen LogP contribution in [0.5, 0.6) is 0 Å². The van der Waals surface area contributed by atoms with Crippen LogP contribution < -0.4 is 10.8 Å². The van der Waals surface area contributed by atoms with Crippen molar-refractivity contribution in [2.24, 2.45) is 0 Å². The van der Waals surface area contributed by atoms with E-state index in [4.69, 9.17) is 9.02 Å². The smallest absolute Gasteiger partial charge is 0.349 e. The number of hydroxylamine groups is 1. The number of nitrogens with one attached hydrogen (secondary N) is 2. The highest BCUT2D eigenvalue weighted by Crippen LogP contribution is 2.36. The predicted octanol–water partition coefficient (Wildman–Crippen LogP) is 0.609. The molecule has 0 bridgehead atoms. The highest BCUT2D eigenvalue weighted by molar-refractivity contribution is 7.86. The molecule has 1 aromatic heterocycles. The minimum atomic E-state index is -4.23. The molecule has 0 spiro atoms. The van der Waals surface area contributed by atoms with Crippen molar-refractivity contribution < 1.29 is 22.2 Å². The third-order valence-electron chi connectivity index (χ3n) is 4.64. The van der Waals surface area contributed by atoms with E-state index in [1.54, 1.807) is 18.2 Å². The molecule has 2 aromatic rings. The molecule has 4 rings (SSSR count). The van der Waals surface area contributed by atoms with Crippen LogP contribution in [0.1, 0.15) is 24.1 Å². The summed E-state index contributed by atoms with van der Waals surface area (Å²) in [6, 6.07) is 7.70. The Kier molecular flexibility index (Phi) is 4.18. The van der Waals surface area contributed by atoms with Gasteiger partial charge in [0, 0.05) is 26.7 Å². The first kappa shape index (κ1) is 17.9. The standard InChI is InChI=1S/C16H19N5O5S/c1-3-21-13-10-17-9-12(13)18-14(21)16(19-25-15(22)20(16)2)26-27(23,24)11-7-5-4-6-8-11/h4-8,17,19H,3,9-10H2,1-2H3. The van der Waals surface area contributed by atoms with Gasteiger partial charge in [-0.1, -0.05) is 23.7 Å². The molecule has 11 heteroatoms. The number of fused-ring (bicyclic) bond motifs is 1. The Balaban J connectivity index is 1.85. The Bertz CT molecular complexity index is 990. The largest absolute Gasteiger partial charge is 0.432 e. The van der Waals surface area contributed by atoms with E-state index in [2.05, 4.69) is 15.8 Å². The van der Waals surface area contributed by atoms with Gasteiger partial charge in [-0.2, -0.15) is 8.42 Å². The molecule has 1 aromatic carbocycles. The number of carbonyl (C=O) groups is 1. The molecular formula is C16H19N5O5S. The topological polar surface area (TPSA) is 115 Å². The predicted molar refractivity (Wildman–Crippen MR) is 92.2 cm³/mol. The maximum absolute atomic E-state index is 12.9. The van der Waals surface area contributed by atoms with E-state index in [1.807, 2.05) is 11.5 Å². The lowest BCUT2D eigenvalue weighted by molar-refractivity contribution is -0.0941. The maximum atomic E-state index is 12.9. The van der Waals surface area contributed by atoms with E-state index in [-0.39, 0.29) is 10.7 Å². The zero-order valence-corrected chi connectivity index (χ0v) is 15.6. The van der Waals surface area contributed by atoms with E-state index >= 15 is 0 Å². The second-order valence-electron chi connectivity index (χ2n) is 6.20. The monoisotopic (exact) mass is 393 g/mol. The molecule has 0 radical (unpaired) electrons. The van der Waals surface area contributed by atoms with E-state index in [1.165, 1.54) is 19.2 Å². The van der Waals surface area contributed by atoms with Gasteiger partial charge >= 0.3 is 22.1 Å². The molecule has 1 fully saturated rings. The fraction of sp³-hybridized carbons (Fsp3) is 0.375. The lowest BCUT2D eigenvalue weighted by Gasteiger charge is -2.31. The number of nitrogens with zero attached hydrogens (tertiary/aromatic N) is 3. The Morgan fingerprint density at radius 1 is 1.30 bits per heavy atom. The van der Waals surface area contributed by atoms with Crippen LogP contribution in [0, 0.1) is 0 Å². The lowest BCUT2D eigenvalue weighted by Crippen LogP contribution is -2.52. The van der Waals surface area contributed by atoms with Gasteiger partial charge in [0.15, 0.2) is 5.82 Å². The second-order valence-corrected chi connectivity index (χ2v) is 7.75. The Morgan fingerprint density at radius 3 is 2.67 bits per heavy atom. The van der Waals surface area contributed by atoms with Gasteiger partial charge in [-0.3, -0.25) is 4.90 Å². The minimum absolute atomic E-state index is 0.0391. The Morgan fingerprint density at radius 2 is 2.04 bits per heavy atom. The zero-order chi connectivity index (χ0) is 19.2. The van der Waals surface area contributed by atoms with Crippen molar-refractivity contribution in [3.8, 4) is 0 Å². The van der Waals surface area contributed by atoms with Crippen LogP contribution in [0.15, 0.2) is 35.2 Å². The van der Waals surface area contributed by atoms with Gasteiger partial charge in [0.25, 0.3) is 0 Å². The SMILES string of the molecule is CCn1c(C2(OS(=O)(=O)c3ccccc3)NOC(=O)N2C)nc2c1CNC2. The molecule has 1 atom stereocenters. The average molecular weight is 393 g/mol. The number of rotatable bonds is 5. The second kappa shape index (κ2) is 6.30. The van der Waals surface area contributed by atoms with Crippen LogP contribution in [0.4, 0.5) is 4.79 Å². The van der Waals surface area contributed by atoms with Gasteiger partial charge in [0.2, 0.25) is 0 Å². The number of hydrogen-bond donors (Lipinski definition) is 2. The number of aromatic nitrogens is 2. The van der Waals surface area contributed by atoms with E-state index in [9.17, 15) is 13.2 Å². The number of imidazole rings is 1. The van der Waals surface area contributed by atoms with Crippen molar-refractivity contribution in [2.75, 3.05) is 7.05 Å². The van der Waals surface area contributed by atoms with Crippen molar-refractivity contribution in [2.45, 2.75) is 37.3 Å². The van der Waals surface area contributed by atoms with Crippen molar-refractivity contribution >= 4 is 16.2 Å². The molecule has 3 heterocycles. The van der Waals surface area contributed by atoms with Crippen LogP contribution >= 0.6 is 0 Å². The molecule has 10 nitrogen and oxygen atoms in total. The summed E-state index contributed by atoms with van der Waals surface area (Å²) in [7, 11) is -2.84. The molecule has 0 aliphatic carbocycles. The van der Waals surface area contributed by atoms with Crippen molar-refractivity contribution in [1.82, 2.24) is 25.2 Å². The molecule has 1 amide bonds. The highest BCUT2D eigenvalue weighted by Gasteiger charge is 2.55. The van der Waals surface area contributed by atoms with Gasteiger partial charge < -0.3 is 14.7 Å². The lowest BCUT2D eigenvalue weighted by atomic mass is 10.3. The number of hydrogen-bond acceptors (Lipinski definition) is 8. The number of amides is 1. The van der Waals surface area contributed by atoms with Gasteiger partial charge in [-0.25, -0.2) is 14.0 Å². The van der Waals surface area contributed by atoms with Gasteiger partial charge in [0.1, 0.15) is 0 Å². The summed E-state index contributed by atoms with van der Waals surface area (Å²) in [4.78, 5) is 22.5. The van der Waals surface area contributed by atoms with Gasteiger partial charge in [0.05, 0.1) is 16.3 Å². The summed E-state index contributed by atoms with van der Waals surface area (Å²) < 4.78 is 33.2. The number of carbonyl (C=O) groups excluding carboxylic acids is 1. The van der Waals surface area contributed by atoms with Crippen LogP contribution in [-0.2, 0) is 44.6 Å². The molecule has 1 unspecified atom stereocenters. The fourth-order valence-corrected chi connectivity index (χ4v) is 4.38. The quantitative estimate of drug-likeness (QED) is 0.710. The summed E-state index contributed by atoms with van der Waals surface area (Å²) in [5.74, 6) is -1.67. The van der Waals surface area contributed by atoms with Crippen LogP contribution in [0.2, 0.25) is 0 Å². The first-order chi connectivity index (χ1) is 12.9. The van der Waals surface area contributed by atoms with Gasteiger partial charge in [-0.15, -0.1) is 0 Å². The first-order valence-electron chi connectivity index (χ1n) is 8.41. The molecule has 2 N–H and O–H groups in total. The summed E-state index contributed by atoms with van der Waals surface area (Å²) in [6.45, 7) is 3.56. The van der Waals surface area contributed by atoms with Crippen LogP contribution in [0.25, 0.3) is 0 Å². The molecule has 0 saturated carbocycles. The summed E-state index contributed by atoms with van der Waals surface area (Å²) in [5.41, 5.74) is 4.14. The normalized spacial score (nSPS) is 22.1. The van der Waals surface area contributed by atoms with Crippen molar-refractivity contribution in [3.63, 3.8) is 0 Å². The van der Waals surface area contributed by atoms with Crippen LogP contribution in [0.3, 0.4) is 0 Å². The molecular weight excluding hydrogens is 374 g/mol. The molecule has 144 valence electrons. The summed E-state index contributed by atoms with van der Waals surface area (Å²) in [6.07, 6.45) is -0.776. The maximum Gasteiger partial charge on any atom is 0.432 e.